The first-order valence-corrected chi connectivity index (χ1v) is 12.1. The highest BCUT2D eigenvalue weighted by molar-refractivity contribution is 6.03. The molecule has 10 heteroatoms. The Morgan fingerprint density at radius 1 is 1.17 bits per heavy atom. The number of nitrogens with zero attached hydrogens (tertiary/aromatic N) is 4. The SMILES string of the molecule is COC(=O)C=Cc1[nH]nc2ncc(-c3ccccc3)c(N3CCN(C(=O)CC4CCCN4)CC3)c12.Cl. The fourth-order valence-electron chi connectivity index (χ4n) is 4.94. The topological polar surface area (TPSA) is 103 Å². The van der Waals surface area contributed by atoms with Gasteiger partial charge < -0.3 is 19.9 Å². The van der Waals surface area contributed by atoms with E-state index in [4.69, 9.17) is 4.74 Å². The monoisotopic (exact) mass is 510 g/mol. The third-order valence-corrected chi connectivity index (χ3v) is 6.79. The summed E-state index contributed by atoms with van der Waals surface area (Å²) in [4.78, 5) is 33.5. The second-order valence-electron chi connectivity index (χ2n) is 8.94. The standard InChI is InChI=1S/C26H30N6O3.ClH/c1-35-23(34)10-9-21-24-25(20(17-28-26(24)30-29-21)18-6-3-2-4-7-18)32-14-12-31(13-15-32)22(33)16-19-8-5-11-27-19;/h2-4,6-7,9-10,17,19,27H,5,8,11-16H2,1H3,(H,28,29,30);1H. The van der Waals surface area contributed by atoms with Crippen LogP contribution in [0.4, 0.5) is 5.69 Å². The number of rotatable bonds is 6. The zero-order chi connectivity index (χ0) is 24.2. The first-order chi connectivity index (χ1) is 17.1. The average Bonchev–Trinajstić information content (AvgIpc) is 3.57. The second kappa shape index (κ2) is 11.5. The normalized spacial score (nSPS) is 18.0. The Kier molecular flexibility index (Phi) is 8.22. The van der Waals surface area contributed by atoms with Gasteiger partial charge in [-0.2, -0.15) is 5.10 Å². The summed E-state index contributed by atoms with van der Waals surface area (Å²) in [6, 6.07) is 10.4. The number of carbonyl (C=O) groups excluding carboxylic acids is 2. The van der Waals surface area contributed by atoms with E-state index in [0.717, 1.165) is 41.6 Å². The van der Waals surface area contributed by atoms with Gasteiger partial charge in [0.1, 0.15) is 0 Å². The lowest BCUT2D eigenvalue weighted by Gasteiger charge is -2.37. The number of halogens is 1. The van der Waals surface area contributed by atoms with Crippen LogP contribution in [-0.4, -0.2) is 77.8 Å². The molecule has 0 bridgehead atoms. The number of pyridine rings is 1. The van der Waals surface area contributed by atoms with E-state index >= 15 is 0 Å². The van der Waals surface area contributed by atoms with Gasteiger partial charge in [0.2, 0.25) is 5.91 Å². The number of hydrogen-bond acceptors (Lipinski definition) is 7. The number of carbonyl (C=O) groups is 2. The van der Waals surface area contributed by atoms with E-state index in [2.05, 4.69) is 37.5 Å². The number of hydrogen-bond donors (Lipinski definition) is 2. The van der Waals surface area contributed by atoms with Gasteiger partial charge in [-0.05, 0) is 31.0 Å². The Balaban J connectivity index is 0.00000304. The number of fused-ring (bicyclic) bond motifs is 1. The summed E-state index contributed by atoms with van der Waals surface area (Å²) < 4.78 is 4.75. The summed E-state index contributed by atoms with van der Waals surface area (Å²) in [6.45, 7) is 3.73. The molecule has 2 N–H and O–H groups in total. The number of benzene rings is 1. The fourth-order valence-corrected chi connectivity index (χ4v) is 4.94. The Labute approximate surface area is 216 Å². The number of aromatic nitrogens is 3. The Morgan fingerprint density at radius 2 is 1.94 bits per heavy atom. The third-order valence-electron chi connectivity index (χ3n) is 6.79. The van der Waals surface area contributed by atoms with Crippen LogP contribution in [0.1, 0.15) is 25.0 Å². The smallest absolute Gasteiger partial charge is 0.330 e. The molecule has 2 fully saturated rings. The van der Waals surface area contributed by atoms with E-state index in [9.17, 15) is 9.59 Å². The molecular weight excluding hydrogens is 480 g/mol. The van der Waals surface area contributed by atoms with Gasteiger partial charge >= 0.3 is 5.97 Å². The summed E-state index contributed by atoms with van der Waals surface area (Å²) in [6.07, 6.45) is 7.69. The molecule has 2 aliphatic rings. The van der Waals surface area contributed by atoms with Crippen molar-refractivity contribution in [2.75, 3.05) is 44.7 Å². The molecule has 1 atom stereocenters. The van der Waals surface area contributed by atoms with E-state index in [1.165, 1.54) is 13.2 Å². The lowest BCUT2D eigenvalue weighted by molar-refractivity contribution is -0.135. The molecule has 2 saturated heterocycles. The predicted octanol–water partition coefficient (Wildman–Crippen LogP) is 3.02. The van der Waals surface area contributed by atoms with Gasteiger partial charge in [-0.1, -0.05) is 30.3 Å². The molecule has 1 unspecified atom stereocenters. The number of piperazine rings is 1. The summed E-state index contributed by atoms with van der Waals surface area (Å²) in [7, 11) is 1.35. The highest BCUT2D eigenvalue weighted by atomic mass is 35.5. The number of H-pyrrole nitrogens is 1. The lowest BCUT2D eigenvalue weighted by atomic mass is 10.0. The van der Waals surface area contributed by atoms with E-state index in [0.29, 0.717) is 50.0 Å². The molecule has 0 spiro atoms. The van der Waals surface area contributed by atoms with Gasteiger partial charge in [-0.15, -0.1) is 12.4 Å². The third kappa shape index (κ3) is 5.37. The highest BCUT2D eigenvalue weighted by Crippen LogP contribution is 2.38. The van der Waals surface area contributed by atoms with Crippen molar-refractivity contribution < 1.29 is 14.3 Å². The van der Waals surface area contributed by atoms with Gasteiger partial charge in [-0.25, -0.2) is 9.78 Å². The van der Waals surface area contributed by atoms with Gasteiger partial charge in [0.05, 0.1) is 23.9 Å². The van der Waals surface area contributed by atoms with Crippen LogP contribution in [0.5, 0.6) is 0 Å². The summed E-state index contributed by atoms with van der Waals surface area (Å²) in [5.74, 6) is -0.220. The Hall–Kier alpha value is -3.43. The van der Waals surface area contributed by atoms with Crippen molar-refractivity contribution >= 4 is 47.1 Å². The van der Waals surface area contributed by atoms with Crippen molar-refractivity contribution in [1.29, 1.82) is 0 Å². The van der Waals surface area contributed by atoms with E-state index < -0.39 is 5.97 Å². The van der Waals surface area contributed by atoms with Crippen LogP contribution < -0.4 is 10.2 Å². The number of aromatic amines is 1. The molecule has 0 radical (unpaired) electrons. The largest absolute Gasteiger partial charge is 0.466 e. The molecule has 1 aromatic carbocycles. The molecule has 0 saturated carbocycles. The molecule has 9 nitrogen and oxygen atoms in total. The summed E-state index contributed by atoms with van der Waals surface area (Å²) >= 11 is 0. The van der Waals surface area contributed by atoms with Crippen LogP contribution in [0.3, 0.4) is 0 Å². The Bertz CT molecular complexity index is 1230. The van der Waals surface area contributed by atoms with Gasteiger partial charge in [0.25, 0.3) is 0 Å². The maximum Gasteiger partial charge on any atom is 0.330 e. The van der Waals surface area contributed by atoms with Crippen molar-refractivity contribution in [1.82, 2.24) is 25.4 Å². The molecule has 4 heterocycles. The second-order valence-corrected chi connectivity index (χ2v) is 8.94. The van der Waals surface area contributed by atoms with Crippen molar-refractivity contribution in [3.05, 3.63) is 48.3 Å². The first-order valence-electron chi connectivity index (χ1n) is 12.1. The van der Waals surface area contributed by atoms with Crippen molar-refractivity contribution in [3.8, 4) is 11.1 Å². The minimum atomic E-state index is -0.439. The fraction of sp³-hybridized carbons (Fsp3) is 0.385. The highest BCUT2D eigenvalue weighted by Gasteiger charge is 2.28. The Morgan fingerprint density at radius 3 is 2.64 bits per heavy atom. The number of methoxy groups -OCH3 is 1. The van der Waals surface area contributed by atoms with Crippen molar-refractivity contribution in [2.45, 2.75) is 25.3 Å². The van der Waals surface area contributed by atoms with Crippen LogP contribution in [0, 0.1) is 0 Å². The maximum atomic E-state index is 12.9. The van der Waals surface area contributed by atoms with Gasteiger partial charge in [-0.3, -0.25) is 9.89 Å². The van der Waals surface area contributed by atoms with Gasteiger partial charge in [0, 0.05) is 56.5 Å². The van der Waals surface area contributed by atoms with Crippen LogP contribution in [0.25, 0.3) is 28.2 Å². The number of amides is 1. The molecule has 1 amide bonds. The molecule has 2 aromatic heterocycles. The van der Waals surface area contributed by atoms with Crippen LogP contribution >= 0.6 is 12.4 Å². The minimum Gasteiger partial charge on any atom is -0.466 e. The molecule has 190 valence electrons. The molecule has 5 rings (SSSR count). The zero-order valence-electron chi connectivity index (χ0n) is 20.3. The molecule has 36 heavy (non-hydrogen) atoms. The number of anilines is 1. The van der Waals surface area contributed by atoms with Crippen LogP contribution in [-0.2, 0) is 14.3 Å². The van der Waals surface area contributed by atoms with Crippen molar-refractivity contribution in [2.24, 2.45) is 0 Å². The predicted molar refractivity (Wildman–Crippen MR) is 142 cm³/mol. The number of ether oxygens (including phenoxy) is 1. The zero-order valence-corrected chi connectivity index (χ0v) is 21.1. The molecule has 0 aliphatic carbocycles. The molecular formula is C26H31ClN6O3. The number of esters is 1. The van der Waals surface area contributed by atoms with Crippen LogP contribution in [0.15, 0.2) is 42.6 Å². The van der Waals surface area contributed by atoms with E-state index in [-0.39, 0.29) is 18.3 Å². The first kappa shape index (κ1) is 25.7. The lowest BCUT2D eigenvalue weighted by Crippen LogP contribution is -2.50. The molecule has 3 aromatic rings. The number of nitrogens with one attached hydrogen (secondary N) is 2. The molecule has 2 aliphatic heterocycles. The van der Waals surface area contributed by atoms with Crippen LogP contribution in [0.2, 0.25) is 0 Å². The van der Waals surface area contributed by atoms with Gasteiger partial charge in [0.15, 0.2) is 5.65 Å². The van der Waals surface area contributed by atoms with E-state index in [1.54, 1.807) is 6.08 Å². The average molecular weight is 511 g/mol. The van der Waals surface area contributed by atoms with E-state index in [1.807, 2.05) is 29.3 Å². The summed E-state index contributed by atoms with van der Waals surface area (Å²) in [5.41, 5.74) is 4.31. The minimum absolute atomic E-state index is 0. The van der Waals surface area contributed by atoms with Crippen molar-refractivity contribution in [3.63, 3.8) is 0 Å². The summed E-state index contributed by atoms with van der Waals surface area (Å²) in [5, 5.41) is 11.7. The quantitative estimate of drug-likeness (QED) is 0.388. The maximum absolute atomic E-state index is 12.9.